The van der Waals surface area contributed by atoms with Crippen molar-refractivity contribution in [3.05, 3.63) is 0 Å². The van der Waals surface area contributed by atoms with Crippen LogP contribution in [0.4, 0.5) is 0 Å². The van der Waals surface area contributed by atoms with Crippen molar-refractivity contribution in [2.75, 3.05) is 13.1 Å². The largest absolute Gasteiger partial charge is 0.325 e. The Morgan fingerprint density at radius 1 is 1.78 bits per heavy atom. The second-order valence-electron chi connectivity index (χ2n) is 1.76. The molecule has 3 heteroatoms. The van der Waals surface area contributed by atoms with Crippen molar-refractivity contribution in [2.45, 2.75) is 13.3 Å². The van der Waals surface area contributed by atoms with E-state index < -0.39 is 0 Å². The molecule has 0 bridgehead atoms. The zero-order chi connectivity index (χ0) is 7.11. The summed E-state index contributed by atoms with van der Waals surface area (Å²) < 4.78 is 0. The van der Waals surface area contributed by atoms with E-state index in [1.165, 1.54) is 6.21 Å². The standard InChI is InChI=1S/C6H13N3/c1-2-3-9-5-6(8)4-7/h5,8H,2-4,7H2,1H3. The van der Waals surface area contributed by atoms with Crippen LogP contribution in [0.3, 0.4) is 0 Å². The molecule has 0 spiro atoms. The van der Waals surface area contributed by atoms with Gasteiger partial charge < -0.3 is 11.1 Å². The Bertz CT molecular complexity index is 107. The summed E-state index contributed by atoms with van der Waals surface area (Å²) in [6.07, 6.45) is 2.54. The molecule has 0 unspecified atom stereocenters. The van der Waals surface area contributed by atoms with Gasteiger partial charge in [0.05, 0.1) is 5.71 Å². The van der Waals surface area contributed by atoms with E-state index >= 15 is 0 Å². The molecule has 52 valence electrons. The number of hydrogen-bond acceptors (Lipinski definition) is 3. The lowest BCUT2D eigenvalue weighted by molar-refractivity contribution is 0.938. The van der Waals surface area contributed by atoms with Crippen LogP contribution in [0, 0.1) is 5.41 Å². The summed E-state index contributed by atoms with van der Waals surface area (Å²) in [7, 11) is 0. The van der Waals surface area contributed by atoms with Crippen molar-refractivity contribution >= 4 is 11.9 Å². The molecule has 0 rings (SSSR count). The fraction of sp³-hybridized carbons (Fsp3) is 0.667. The topological polar surface area (TPSA) is 62.2 Å². The molecule has 0 aliphatic rings. The molecule has 0 amide bonds. The molecule has 3 N–H and O–H groups in total. The van der Waals surface area contributed by atoms with Crippen LogP contribution in [-0.2, 0) is 0 Å². The van der Waals surface area contributed by atoms with E-state index in [0.717, 1.165) is 13.0 Å². The van der Waals surface area contributed by atoms with Crippen LogP contribution in [0.15, 0.2) is 4.99 Å². The number of nitrogens with two attached hydrogens (primary N) is 1. The normalized spacial score (nSPS) is 10.4. The maximum absolute atomic E-state index is 7.04. The smallest absolute Gasteiger partial charge is 0.0627 e. The van der Waals surface area contributed by atoms with Crippen molar-refractivity contribution < 1.29 is 0 Å². The van der Waals surface area contributed by atoms with Crippen LogP contribution in [0.1, 0.15) is 13.3 Å². The first-order chi connectivity index (χ1) is 4.31. The lowest BCUT2D eigenvalue weighted by Crippen LogP contribution is -2.13. The molecule has 0 atom stereocenters. The number of aliphatic imine (C=N–C) groups is 1. The highest BCUT2D eigenvalue weighted by Crippen LogP contribution is 1.74. The fourth-order valence-corrected chi connectivity index (χ4v) is 0.357. The Morgan fingerprint density at radius 2 is 2.44 bits per heavy atom. The van der Waals surface area contributed by atoms with Crippen LogP contribution < -0.4 is 5.73 Å². The van der Waals surface area contributed by atoms with Crippen molar-refractivity contribution in [1.29, 1.82) is 5.41 Å². The minimum absolute atomic E-state index is 0.285. The predicted molar refractivity (Wildman–Crippen MR) is 40.4 cm³/mol. The van der Waals surface area contributed by atoms with E-state index in [9.17, 15) is 0 Å². The maximum Gasteiger partial charge on any atom is 0.0627 e. The van der Waals surface area contributed by atoms with Gasteiger partial charge in [-0.25, -0.2) is 0 Å². The summed E-state index contributed by atoms with van der Waals surface area (Å²) in [6.45, 7) is 3.12. The van der Waals surface area contributed by atoms with E-state index in [1.807, 2.05) is 6.92 Å². The summed E-state index contributed by atoms with van der Waals surface area (Å²) in [5.74, 6) is 0. The molecule has 0 heterocycles. The molecule has 0 radical (unpaired) electrons. The van der Waals surface area contributed by atoms with Crippen LogP contribution >= 0.6 is 0 Å². The molecule has 9 heavy (non-hydrogen) atoms. The van der Waals surface area contributed by atoms with Gasteiger partial charge in [0.15, 0.2) is 0 Å². The third-order valence-corrected chi connectivity index (χ3v) is 0.820. The molecule has 0 aromatic carbocycles. The van der Waals surface area contributed by atoms with Crippen LogP contribution in [0.2, 0.25) is 0 Å². The summed E-state index contributed by atoms with van der Waals surface area (Å²) in [5.41, 5.74) is 5.53. The maximum atomic E-state index is 7.04. The summed E-state index contributed by atoms with van der Waals surface area (Å²) >= 11 is 0. The minimum atomic E-state index is 0.285. The van der Waals surface area contributed by atoms with Crippen molar-refractivity contribution in [3.8, 4) is 0 Å². The Morgan fingerprint density at radius 3 is 2.89 bits per heavy atom. The van der Waals surface area contributed by atoms with Gasteiger partial charge in [-0.15, -0.1) is 0 Å². The predicted octanol–water partition coefficient (Wildman–Crippen LogP) is 0.446. The molecule has 0 saturated carbocycles. The lowest BCUT2D eigenvalue weighted by Gasteiger charge is -1.87. The van der Waals surface area contributed by atoms with Gasteiger partial charge in [0.1, 0.15) is 0 Å². The monoisotopic (exact) mass is 127 g/mol. The molecule has 0 aliphatic carbocycles. The third-order valence-electron chi connectivity index (χ3n) is 0.820. The molecule has 0 fully saturated rings. The van der Waals surface area contributed by atoms with Gasteiger partial charge in [-0.2, -0.15) is 0 Å². The van der Waals surface area contributed by atoms with Crippen LogP contribution in [-0.4, -0.2) is 25.0 Å². The first kappa shape index (κ1) is 8.30. The number of nitrogens with zero attached hydrogens (tertiary/aromatic N) is 1. The summed E-state index contributed by atoms with van der Waals surface area (Å²) in [6, 6.07) is 0. The number of rotatable bonds is 4. The van der Waals surface area contributed by atoms with Gasteiger partial charge >= 0.3 is 0 Å². The Hall–Kier alpha value is -0.700. The highest BCUT2D eigenvalue weighted by molar-refractivity contribution is 6.29. The third kappa shape index (κ3) is 5.17. The van der Waals surface area contributed by atoms with E-state index in [-0.39, 0.29) is 6.54 Å². The van der Waals surface area contributed by atoms with Gasteiger partial charge in [-0.05, 0) is 6.42 Å². The molecule has 0 saturated heterocycles. The lowest BCUT2D eigenvalue weighted by atomic mass is 10.4. The first-order valence-corrected chi connectivity index (χ1v) is 3.08. The first-order valence-electron chi connectivity index (χ1n) is 3.08. The molecule has 3 nitrogen and oxygen atoms in total. The van der Waals surface area contributed by atoms with Crippen LogP contribution in [0.25, 0.3) is 0 Å². The Kier molecular flexibility index (Phi) is 5.01. The highest BCUT2D eigenvalue weighted by Gasteiger charge is 1.82. The second-order valence-corrected chi connectivity index (χ2v) is 1.76. The van der Waals surface area contributed by atoms with Gasteiger partial charge in [-0.1, -0.05) is 6.92 Å². The van der Waals surface area contributed by atoms with Crippen molar-refractivity contribution in [3.63, 3.8) is 0 Å². The molecular weight excluding hydrogens is 114 g/mol. The Labute approximate surface area is 55.5 Å². The molecular formula is C6H13N3. The van der Waals surface area contributed by atoms with Gasteiger partial charge in [0.25, 0.3) is 0 Å². The average molecular weight is 127 g/mol. The number of hydrogen-bond donors (Lipinski definition) is 2. The molecule has 0 aliphatic heterocycles. The zero-order valence-electron chi connectivity index (χ0n) is 5.72. The van der Waals surface area contributed by atoms with Crippen molar-refractivity contribution in [2.24, 2.45) is 10.7 Å². The summed E-state index contributed by atoms with van der Waals surface area (Å²) in [5, 5.41) is 7.04. The molecule has 0 aromatic heterocycles. The van der Waals surface area contributed by atoms with E-state index in [0.29, 0.717) is 5.71 Å². The zero-order valence-corrected chi connectivity index (χ0v) is 5.72. The highest BCUT2D eigenvalue weighted by atomic mass is 14.7. The van der Waals surface area contributed by atoms with Gasteiger partial charge in [-0.3, -0.25) is 4.99 Å². The minimum Gasteiger partial charge on any atom is -0.325 e. The Balaban J connectivity index is 3.32. The van der Waals surface area contributed by atoms with E-state index in [2.05, 4.69) is 4.99 Å². The second kappa shape index (κ2) is 5.44. The van der Waals surface area contributed by atoms with Crippen LogP contribution in [0.5, 0.6) is 0 Å². The number of nitrogens with one attached hydrogen (secondary N) is 1. The SMILES string of the molecule is CCCN=CC(=N)CN. The fourth-order valence-electron chi connectivity index (χ4n) is 0.357. The van der Waals surface area contributed by atoms with Crippen molar-refractivity contribution in [1.82, 2.24) is 0 Å². The average Bonchev–Trinajstić information content (AvgIpc) is 1.89. The molecule has 0 aromatic rings. The van der Waals surface area contributed by atoms with Gasteiger partial charge in [0.2, 0.25) is 0 Å². The van der Waals surface area contributed by atoms with E-state index in [4.69, 9.17) is 11.1 Å². The van der Waals surface area contributed by atoms with E-state index in [1.54, 1.807) is 0 Å². The van der Waals surface area contributed by atoms with Gasteiger partial charge in [0, 0.05) is 19.3 Å². The summed E-state index contributed by atoms with van der Waals surface area (Å²) in [4.78, 5) is 3.93. The quantitative estimate of drug-likeness (QED) is 0.529.